The molecule has 0 bridgehead atoms. The van der Waals surface area contributed by atoms with Crippen molar-refractivity contribution in [2.24, 2.45) is 0 Å². The highest BCUT2D eigenvalue weighted by molar-refractivity contribution is 6.23. The van der Waals surface area contributed by atoms with E-state index in [1.54, 1.807) is 6.92 Å². The average molecular weight is 735 g/mol. The zero-order chi connectivity index (χ0) is 37.7. The number of tetrazole rings is 1. The molecule has 0 aliphatic carbocycles. The Bertz CT molecular complexity index is 2230. The van der Waals surface area contributed by atoms with E-state index in [0.717, 1.165) is 51.2 Å². The van der Waals surface area contributed by atoms with Crippen molar-refractivity contribution in [1.82, 2.24) is 29.8 Å². The van der Waals surface area contributed by atoms with E-state index in [9.17, 15) is 4.79 Å². The lowest BCUT2D eigenvalue weighted by molar-refractivity contribution is 0.0511. The molecule has 7 aromatic rings. The zero-order valence-electron chi connectivity index (χ0n) is 31.0. The Balaban J connectivity index is 1.33. The number of halogens is 1. The van der Waals surface area contributed by atoms with Crippen LogP contribution < -0.4 is 0 Å². The molecule has 0 amide bonds. The number of carbonyl (C=O) groups is 1. The van der Waals surface area contributed by atoms with Crippen molar-refractivity contribution in [3.63, 3.8) is 0 Å². The van der Waals surface area contributed by atoms with Gasteiger partial charge in [-0.05, 0) is 71.0 Å². The first-order valence-electron chi connectivity index (χ1n) is 18.4. The van der Waals surface area contributed by atoms with E-state index < -0.39 is 16.4 Å². The molecule has 0 unspecified atom stereocenters. The Hall–Kier alpha value is -5.86. The second-order valence-electron chi connectivity index (χ2n) is 13.7. The molecule has 272 valence electrons. The predicted molar refractivity (Wildman–Crippen MR) is 213 cm³/mol. The quantitative estimate of drug-likeness (QED) is 0.0666. The SMILES string of the molecule is CCCc1nc(C(C)(C)Cl)c(C(=O)OCC)n1Cc1ccc(-c2ccccc2-c2nnnn2C(c2ccccc2)(c2ccccc2)c2ccccc2)cc1. The molecule has 0 spiro atoms. The molecule has 0 radical (unpaired) electrons. The number of carbonyl (C=O) groups excluding carboxylic acids is 1. The lowest BCUT2D eigenvalue weighted by atomic mass is 9.77. The Kier molecular flexibility index (Phi) is 10.6. The van der Waals surface area contributed by atoms with Crippen LogP contribution in [0, 0.1) is 0 Å². The normalized spacial score (nSPS) is 11.8. The van der Waals surface area contributed by atoms with Gasteiger partial charge < -0.3 is 9.30 Å². The van der Waals surface area contributed by atoms with Gasteiger partial charge in [-0.3, -0.25) is 0 Å². The molecule has 0 saturated carbocycles. The van der Waals surface area contributed by atoms with Crippen molar-refractivity contribution >= 4 is 17.6 Å². The number of ether oxygens (including phenoxy) is 1. The molecule has 54 heavy (non-hydrogen) atoms. The number of nitrogens with zero attached hydrogens (tertiary/aromatic N) is 6. The first kappa shape index (κ1) is 36.5. The van der Waals surface area contributed by atoms with Crippen LogP contribution in [0.4, 0.5) is 0 Å². The summed E-state index contributed by atoms with van der Waals surface area (Å²) < 4.78 is 9.43. The molecule has 0 aliphatic heterocycles. The average Bonchev–Trinajstić information content (AvgIpc) is 3.83. The van der Waals surface area contributed by atoms with Gasteiger partial charge in [0.25, 0.3) is 0 Å². The summed E-state index contributed by atoms with van der Waals surface area (Å²) in [5.74, 6) is 1.02. The Morgan fingerprint density at radius 2 is 1.26 bits per heavy atom. The van der Waals surface area contributed by atoms with Gasteiger partial charge in [-0.2, -0.15) is 0 Å². The zero-order valence-corrected chi connectivity index (χ0v) is 31.7. The number of benzene rings is 5. The first-order valence-corrected chi connectivity index (χ1v) is 18.7. The maximum Gasteiger partial charge on any atom is 0.356 e. The fourth-order valence-electron chi connectivity index (χ4n) is 7.29. The third kappa shape index (κ3) is 6.85. The summed E-state index contributed by atoms with van der Waals surface area (Å²) in [4.78, 5) is 17.4. The minimum atomic E-state index is -0.881. The molecule has 2 heterocycles. The smallest absolute Gasteiger partial charge is 0.356 e. The van der Waals surface area contributed by atoms with Gasteiger partial charge >= 0.3 is 5.97 Å². The second-order valence-corrected chi connectivity index (χ2v) is 14.7. The number of imidazole rings is 1. The van der Waals surface area contributed by atoms with Crippen LogP contribution in [-0.4, -0.2) is 42.3 Å². The van der Waals surface area contributed by atoms with Crippen LogP contribution in [0.5, 0.6) is 0 Å². The molecule has 7 rings (SSSR count). The fraction of sp³-hybridized carbons (Fsp3) is 0.222. The largest absolute Gasteiger partial charge is 0.461 e. The number of hydrogen-bond donors (Lipinski definition) is 0. The predicted octanol–water partition coefficient (Wildman–Crippen LogP) is 9.70. The molecule has 9 heteroatoms. The van der Waals surface area contributed by atoms with Crippen LogP contribution in [0.2, 0.25) is 0 Å². The number of rotatable bonds is 13. The Morgan fingerprint density at radius 1 is 0.722 bits per heavy atom. The highest BCUT2D eigenvalue weighted by atomic mass is 35.5. The fourth-order valence-corrected chi connectivity index (χ4v) is 7.42. The maximum atomic E-state index is 13.3. The molecular formula is C45H43ClN6O2. The number of esters is 1. The van der Waals surface area contributed by atoms with Gasteiger partial charge in [0.05, 0.1) is 17.2 Å². The van der Waals surface area contributed by atoms with Gasteiger partial charge in [0.2, 0.25) is 0 Å². The molecule has 0 aliphatic rings. The third-order valence-electron chi connectivity index (χ3n) is 9.69. The molecular weight excluding hydrogens is 692 g/mol. The van der Waals surface area contributed by atoms with Crippen molar-refractivity contribution in [3.05, 3.63) is 179 Å². The highest BCUT2D eigenvalue weighted by Gasteiger charge is 2.42. The second kappa shape index (κ2) is 15.6. The van der Waals surface area contributed by atoms with E-state index in [2.05, 4.69) is 121 Å². The number of hydrogen-bond acceptors (Lipinski definition) is 6. The monoisotopic (exact) mass is 734 g/mol. The maximum absolute atomic E-state index is 13.3. The van der Waals surface area contributed by atoms with Crippen LogP contribution >= 0.6 is 11.6 Å². The standard InChI is InChI=1S/C45H43ClN6O2/c1-5-18-39-47-41(44(3,4)46)40(43(53)54-6-2)51(39)31-32-27-29-33(30-28-32)37-25-16-17-26-38(37)42-48-49-50-52(42)45(34-19-10-7-11-20-34,35-21-12-8-13-22-35)36-23-14-9-15-24-36/h7-17,19-30H,5-6,18,31H2,1-4H3. The van der Waals surface area contributed by atoms with E-state index in [1.165, 1.54) is 0 Å². The van der Waals surface area contributed by atoms with Crippen LogP contribution in [-0.2, 0) is 28.1 Å². The lowest BCUT2D eigenvalue weighted by Crippen LogP contribution is -2.39. The summed E-state index contributed by atoms with van der Waals surface area (Å²) in [5.41, 5.74) is 7.03. The van der Waals surface area contributed by atoms with E-state index in [4.69, 9.17) is 31.6 Å². The van der Waals surface area contributed by atoms with Crippen LogP contribution in [0.1, 0.15) is 78.4 Å². The molecule has 0 saturated heterocycles. The minimum Gasteiger partial charge on any atom is -0.461 e. The van der Waals surface area contributed by atoms with Crippen molar-refractivity contribution < 1.29 is 9.53 Å². The molecule has 0 fully saturated rings. The number of alkyl halides is 1. The van der Waals surface area contributed by atoms with Crippen molar-refractivity contribution in [2.45, 2.75) is 57.5 Å². The van der Waals surface area contributed by atoms with E-state index in [-0.39, 0.29) is 6.61 Å². The van der Waals surface area contributed by atoms with Crippen LogP contribution in [0.15, 0.2) is 140 Å². The van der Waals surface area contributed by atoms with Gasteiger partial charge in [0, 0.05) is 18.5 Å². The topological polar surface area (TPSA) is 87.7 Å². The van der Waals surface area contributed by atoms with Crippen molar-refractivity contribution in [2.75, 3.05) is 6.61 Å². The Morgan fingerprint density at radius 3 is 1.78 bits per heavy atom. The molecule has 5 aromatic carbocycles. The molecule has 2 aromatic heterocycles. The summed E-state index contributed by atoms with van der Waals surface area (Å²) in [6.07, 6.45) is 1.58. The summed E-state index contributed by atoms with van der Waals surface area (Å²) in [5, 5.41) is 13.8. The van der Waals surface area contributed by atoms with Gasteiger partial charge in [-0.1, -0.05) is 146 Å². The molecule has 8 nitrogen and oxygen atoms in total. The number of aromatic nitrogens is 6. The Labute approximate surface area is 321 Å². The van der Waals surface area contributed by atoms with Crippen molar-refractivity contribution in [3.8, 4) is 22.5 Å². The van der Waals surface area contributed by atoms with Gasteiger partial charge in [0.15, 0.2) is 11.5 Å². The minimum absolute atomic E-state index is 0.260. The third-order valence-corrected chi connectivity index (χ3v) is 9.87. The summed E-state index contributed by atoms with van der Waals surface area (Å²) in [6.45, 7) is 8.31. The van der Waals surface area contributed by atoms with E-state index in [1.807, 2.05) is 53.4 Å². The van der Waals surface area contributed by atoms with E-state index >= 15 is 0 Å². The summed E-state index contributed by atoms with van der Waals surface area (Å²) in [6, 6.07) is 47.8. The summed E-state index contributed by atoms with van der Waals surface area (Å²) in [7, 11) is 0. The van der Waals surface area contributed by atoms with E-state index in [0.29, 0.717) is 30.2 Å². The first-order chi connectivity index (χ1) is 26.3. The van der Waals surface area contributed by atoms with Crippen molar-refractivity contribution in [1.29, 1.82) is 0 Å². The van der Waals surface area contributed by atoms with Crippen LogP contribution in [0.3, 0.4) is 0 Å². The number of aryl methyl sites for hydroxylation is 1. The van der Waals surface area contributed by atoms with Crippen LogP contribution in [0.25, 0.3) is 22.5 Å². The molecule has 0 N–H and O–H groups in total. The van der Waals surface area contributed by atoms with Gasteiger partial charge in [-0.25, -0.2) is 14.5 Å². The van der Waals surface area contributed by atoms with Gasteiger partial charge in [-0.15, -0.1) is 16.7 Å². The molecule has 0 atom stereocenters. The van der Waals surface area contributed by atoms with Gasteiger partial charge in [0.1, 0.15) is 11.4 Å². The highest BCUT2D eigenvalue weighted by Crippen LogP contribution is 2.43. The lowest BCUT2D eigenvalue weighted by Gasteiger charge is -2.36. The summed E-state index contributed by atoms with van der Waals surface area (Å²) >= 11 is 6.79.